The van der Waals surface area contributed by atoms with Crippen molar-refractivity contribution in [3.8, 4) is 0 Å². The van der Waals surface area contributed by atoms with Gasteiger partial charge in [0.15, 0.2) is 0 Å². The molecule has 0 unspecified atom stereocenters. The maximum atomic E-state index is 12.7. The average Bonchev–Trinajstić information content (AvgIpc) is 2.66. The van der Waals surface area contributed by atoms with Crippen LogP contribution < -0.4 is 5.32 Å². The van der Waals surface area contributed by atoms with Crippen LogP contribution in [0.4, 0.5) is 9.59 Å². The summed E-state index contributed by atoms with van der Waals surface area (Å²) in [6.45, 7) is 11.2. The Balaban J connectivity index is 1.94. The third-order valence-corrected chi connectivity index (χ3v) is 4.69. The van der Waals surface area contributed by atoms with Gasteiger partial charge in [-0.15, -0.1) is 0 Å². The van der Waals surface area contributed by atoms with Crippen LogP contribution in [-0.2, 0) is 30.7 Å². The van der Waals surface area contributed by atoms with Gasteiger partial charge in [-0.3, -0.25) is 9.68 Å². The summed E-state index contributed by atoms with van der Waals surface area (Å²) in [6.07, 6.45) is -0.390. The Labute approximate surface area is 195 Å². The van der Waals surface area contributed by atoms with E-state index in [0.29, 0.717) is 19.4 Å². The lowest BCUT2D eigenvalue weighted by atomic mass is 9.95. The van der Waals surface area contributed by atoms with E-state index in [1.54, 1.807) is 41.5 Å². The summed E-state index contributed by atoms with van der Waals surface area (Å²) in [5, 5.41) is 2.75. The molecule has 184 valence electrons. The topological polar surface area (TPSA) is 103 Å². The van der Waals surface area contributed by atoms with Crippen molar-refractivity contribution in [3.05, 3.63) is 35.9 Å². The molecule has 0 saturated carbocycles. The molecule has 1 fully saturated rings. The molecule has 0 spiro atoms. The average molecular weight is 465 g/mol. The smallest absolute Gasteiger partial charge is 0.438 e. The first kappa shape index (κ1) is 26.4. The van der Waals surface area contributed by atoms with Crippen LogP contribution in [0.5, 0.6) is 0 Å². The minimum Gasteiger partial charge on any atom is -0.460 e. The molecule has 2 rings (SSSR count). The first-order valence-electron chi connectivity index (χ1n) is 11.2. The van der Waals surface area contributed by atoms with Gasteiger partial charge in [0.25, 0.3) is 0 Å². The van der Waals surface area contributed by atoms with Gasteiger partial charge in [-0.2, -0.15) is 4.89 Å². The minimum absolute atomic E-state index is 0.00571. The Kier molecular flexibility index (Phi) is 9.10. The number of esters is 1. The fourth-order valence-electron chi connectivity index (χ4n) is 3.43. The third-order valence-electron chi connectivity index (χ3n) is 4.69. The second kappa shape index (κ2) is 11.4. The van der Waals surface area contributed by atoms with Gasteiger partial charge in [0.2, 0.25) is 0 Å². The van der Waals surface area contributed by atoms with Crippen molar-refractivity contribution < 1.29 is 33.6 Å². The number of piperidine rings is 1. The largest absolute Gasteiger partial charge is 0.460 e. The third kappa shape index (κ3) is 10.1. The van der Waals surface area contributed by atoms with Crippen LogP contribution in [0.2, 0.25) is 0 Å². The second-order valence-electron chi connectivity index (χ2n) is 10.1. The molecule has 9 nitrogen and oxygen atoms in total. The van der Waals surface area contributed by atoms with Gasteiger partial charge in [-0.25, -0.2) is 9.59 Å². The molecule has 1 aromatic carbocycles. The van der Waals surface area contributed by atoms with Crippen LogP contribution in [-0.4, -0.2) is 52.9 Å². The molecule has 0 aliphatic carbocycles. The van der Waals surface area contributed by atoms with Crippen LogP contribution in [0.15, 0.2) is 30.3 Å². The number of rotatable bonds is 6. The van der Waals surface area contributed by atoms with Gasteiger partial charge in [-0.1, -0.05) is 30.3 Å². The highest BCUT2D eigenvalue weighted by Crippen LogP contribution is 2.24. The van der Waals surface area contributed by atoms with Crippen LogP contribution in [0.1, 0.15) is 66.4 Å². The SMILES string of the molecule is CC(C)(C)OC(=O)C[C@@H]1C[C@@H](NC(=O)OOCc2ccccc2)CCN1C(=O)OC(C)(C)C. The van der Waals surface area contributed by atoms with Crippen molar-refractivity contribution in [2.75, 3.05) is 6.54 Å². The number of nitrogens with zero attached hydrogens (tertiary/aromatic N) is 1. The number of ether oxygens (including phenoxy) is 2. The number of nitrogens with one attached hydrogen (secondary N) is 1. The molecule has 0 bridgehead atoms. The first-order chi connectivity index (χ1) is 15.3. The van der Waals surface area contributed by atoms with Crippen molar-refractivity contribution in [3.63, 3.8) is 0 Å². The van der Waals surface area contributed by atoms with Crippen molar-refractivity contribution in [1.82, 2.24) is 10.2 Å². The molecule has 33 heavy (non-hydrogen) atoms. The molecule has 1 N–H and O–H groups in total. The van der Waals surface area contributed by atoms with Crippen molar-refractivity contribution >= 4 is 18.2 Å². The summed E-state index contributed by atoms with van der Waals surface area (Å²) >= 11 is 0. The zero-order chi connectivity index (χ0) is 24.6. The Morgan fingerprint density at radius 1 is 1.00 bits per heavy atom. The molecule has 2 amide bonds. The summed E-state index contributed by atoms with van der Waals surface area (Å²) in [5.41, 5.74) is -0.434. The summed E-state index contributed by atoms with van der Waals surface area (Å²) in [5.74, 6) is -0.421. The van der Waals surface area contributed by atoms with E-state index in [1.807, 2.05) is 30.3 Å². The fourth-order valence-corrected chi connectivity index (χ4v) is 3.43. The molecule has 1 aliphatic heterocycles. The van der Waals surface area contributed by atoms with Crippen molar-refractivity contribution in [2.45, 2.75) is 90.7 Å². The van der Waals surface area contributed by atoms with E-state index in [4.69, 9.17) is 19.2 Å². The normalized spacial score (nSPS) is 18.9. The van der Waals surface area contributed by atoms with Gasteiger partial charge < -0.3 is 19.7 Å². The Morgan fingerprint density at radius 3 is 2.24 bits per heavy atom. The molecule has 2 atom stereocenters. The highest BCUT2D eigenvalue weighted by molar-refractivity contribution is 5.74. The predicted octanol–water partition coefficient (Wildman–Crippen LogP) is 4.34. The van der Waals surface area contributed by atoms with Crippen LogP contribution in [0, 0.1) is 0 Å². The van der Waals surface area contributed by atoms with Crippen LogP contribution in [0.3, 0.4) is 0 Å². The van der Waals surface area contributed by atoms with E-state index in [2.05, 4.69) is 5.32 Å². The van der Waals surface area contributed by atoms with Crippen molar-refractivity contribution in [1.29, 1.82) is 0 Å². The lowest BCUT2D eigenvalue weighted by Crippen LogP contribution is -2.53. The summed E-state index contributed by atoms with van der Waals surface area (Å²) < 4.78 is 10.9. The lowest BCUT2D eigenvalue weighted by molar-refractivity contribution is -0.249. The van der Waals surface area contributed by atoms with Gasteiger partial charge in [0, 0.05) is 18.6 Å². The zero-order valence-corrected chi connectivity index (χ0v) is 20.4. The second-order valence-corrected chi connectivity index (χ2v) is 10.1. The molecule has 1 aromatic rings. The number of benzene rings is 1. The number of likely N-dealkylation sites (tertiary alicyclic amines) is 1. The lowest BCUT2D eigenvalue weighted by Gasteiger charge is -2.39. The van der Waals surface area contributed by atoms with E-state index < -0.39 is 35.4 Å². The Morgan fingerprint density at radius 2 is 1.64 bits per heavy atom. The van der Waals surface area contributed by atoms with E-state index in [-0.39, 0.29) is 19.1 Å². The zero-order valence-electron chi connectivity index (χ0n) is 20.4. The number of hydrogen-bond donors (Lipinski definition) is 1. The van der Waals surface area contributed by atoms with Crippen LogP contribution in [0.25, 0.3) is 0 Å². The van der Waals surface area contributed by atoms with E-state index >= 15 is 0 Å². The number of hydrogen-bond acceptors (Lipinski definition) is 7. The summed E-state index contributed by atoms with van der Waals surface area (Å²) in [6, 6.07) is 8.53. The molecule has 0 aromatic heterocycles. The standard InChI is InChI=1S/C24H36N2O7/c1-23(2,3)31-20(27)15-19-14-18(12-13-26(19)22(29)32-24(4,5)6)25-21(28)33-30-16-17-10-8-7-9-11-17/h7-11,18-19H,12-16H2,1-6H3,(H,25,28)/t18-,19-/m0/s1. The Hall–Kier alpha value is -2.81. The molecular weight excluding hydrogens is 428 g/mol. The summed E-state index contributed by atoms with van der Waals surface area (Å²) in [4.78, 5) is 48.7. The van der Waals surface area contributed by atoms with Crippen LogP contribution >= 0.6 is 0 Å². The quantitative estimate of drug-likeness (QED) is 0.379. The van der Waals surface area contributed by atoms with E-state index in [1.165, 1.54) is 4.90 Å². The number of carbonyl (C=O) groups excluding carboxylic acids is 3. The maximum Gasteiger partial charge on any atom is 0.438 e. The first-order valence-corrected chi connectivity index (χ1v) is 11.2. The fraction of sp³-hybridized carbons (Fsp3) is 0.625. The van der Waals surface area contributed by atoms with Crippen molar-refractivity contribution in [2.24, 2.45) is 0 Å². The molecule has 0 radical (unpaired) electrons. The molecular formula is C24H36N2O7. The number of amides is 2. The van der Waals surface area contributed by atoms with Gasteiger partial charge >= 0.3 is 18.2 Å². The molecule has 9 heteroatoms. The maximum absolute atomic E-state index is 12.7. The molecule has 1 aliphatic rings. The predicted molar refractivity (Wildman–Crippen MR) is 121 cm³/mol. The highest BCUT2D eigenvalue weighted by Gasteiger charge is 2.37. The van der Waals surface area contributed by atoms with Gasteiger partial charge in [0.1, 0.15) is 17.8 Å². The molecule has 1 saturated heterocycles. The highest BCUT2D eigenvalue weighted by atomic mass is 17.2. The Bertz CT molecular complexity index is 799. The van der Waals surface area contributed by atoms with E-state index in [9.17, 15) is 14.4 Å². The monoisotopic (exact) mass is 464 g/mol. The minimum atomic E-state index is -0.724. The summed E-state index contributed by atoms with van der Waals surface area (Å²) in [7, 11) is 0. The molecule has 1 heterocycles. The van der Waals surface area contributed by atoms with E-state index in [0.717, 1.165) is 5.56 Å². The van der Waals surface area contributed by atoms with Gasteiger partial charge in [0.05, 0.1) is 6.42 Å². The number of carbonyl (C=O) groups is 3. The van der Waals surface area contributed by atoms with Gasteiger partial charge in [-0.05, 0) is 59.9 Å².